The minimum atomic E-state index is -0.640. The molecule has 0 aliphatic heterocycles. The Hall–Kier alpha value is -2.36. The zero-order valence-corrected chi connectivity index (χ0v) is 15.1. The third kappa shape index (κ3) is 3.39. The second-order valence-corrected chi connectivity index (χ2v) is 6.52. The van der Waals surface area contributed by atoms with Crippen molar-refractivity contribution in [1.82, 2.24) is 15.0 Å². The molecule has 0 fully saturated rings. The molecule has 0 aliphatic rings. The maximum Gasteiger partial charge on any atom is 0.350 e. The van der Waals surface area contributed by atoms with Crippen molar-refractivity contribution < 1.29 is 14.3 Å². The van der Waals surface area contributed by atoms with Gasteiger partial charge in [0.2, 0.25) is 11.9 Å². The van der Waals surface area contributed by atoms with Gasteiger partial charge in [-0.05, 0) is 12.1 Å². The molecule has 1 aromatic carbocycles. The van der Waals surface area contributed by atoms with E-state index in [1.807, 2.05) is 0 Å². The number of halogens is 2. The lowest BCUT2D eigenvalue weighted by molar-refractivity contribution is 0.0468. The summed E-state index contributed by atoms with van der Waals surface area (Å²) in [5, 5.41) is 1.27. The molecule has 0 amide bonds. The predicted molar refractivity (Wildman–Crippen MR) is 96.2 cm³/mol. The first-order valence-corrected chi connectivity index (χ1v) is 8.35. The van der Waals surface area contributed by atoms with Crippen molar-refractivity contribution in [3.05, 3.63) is 32.9 Å². The maximum atomic E-state index is 12.3. The number of carbonyl (C=O) groups excluding carboxylic acids is 1. The molecule has 0 unspecified atom stereocenters. The summed E-state index contributed by atoms with van der Waals surface area (Å²) in [6, 6.07) is 3.40. The van der Waals surface area contributed by atoms with Gasteiger partial charge in [-0.3, -0.25) is 0 Å². The first-order valence-electron chi connectivity index (χ1n) is 6.78. The largest absolute Gasteiger partial charge is 0.495 e. The van der Waals surface area contributed by atoms with Crippen molar-refractivity contribution in [2.45, 2.75) is 6.61 Å². The van der Waals surface area contributed by atoms with Gasteiger partial charge in [0.05, 0.1) is 16.8 Å². The Labute approximate surface area is 155 Å². The number of aromatic nitrogens is 3. The highest BCUT2D eigenvalue weighted by molar-refractivity contribution is 7.22. The highest BCUT2D eigenvalue weighted by Gasteiger charge is 2.21. The summed E-state index contributed by atoms with van der Waals surface area (Å²) in [7, 11) is 1.50. The first-order chi connectivity index (χ1) is 11.9. The summed E-state index contributed by atoms with van der Waals surface area (Å²) < 4.78 is 11.0. The maximum absolute atomic E-state index is 12.3. The van der Waals surface area contributed by atoms with Gasteiger partial charge in [0.15, 0.2) is 12.4 Å². The van der Waals surface area contributed by atoms with Crippen molar-refractivity contribution in [2.24, 2.45) is 0 Å². The van der Waals surface area contributed by atoms with E-state index in [-0.39, 0.29) is 34.2 Å². The molecule has 3 rings (SSSR count). The lowest BCUT2D eigenvalue weighted by Gasteiger charge is -2.03. The Balaban J connectivity index is 1.87. The monoisotopic (exact) mass is 399 g/mol. The number of thiophene rings is 1. The summed E-state index contributed by atoms with van der Waals surface area (Å²) in [5.74, 6) is -0.133. The Morgan fingerprint density at radius 1 is 1.16 bits per heavy atom. The summed E-state index contributed by atoms with van der Waals surface area (Å²) in [4.78, 5) is 23.9. The summed E-state index contributed by atoms with van der Waals surface area (Å²) in [5.41, 5.74) is 10.9. The van der Waals surface area contributed by atoms with Crippen LogP contribution in [-0.4, -0.2) is 28.0 Å². The quantitative estimate of drug-likeness (QED) is 0.640. The predicted octanol–water partition coefficient (Wildman–Crippen LogP) is 2.92. The molecule has 25 heavy (non-hydrogen) atoms. The van der Waals surface area contributed by atoms with Crippen LogP contribution in [0.5, 0.6) is 5.75 Å². The molecule has 0 spiro atoms. The molecule has 3 aromatic rings. The van der Waals surface area contributed by atoms with Gasteiger partial charge in [-0.1, -0.05) is 23.2 Å². The molecule has 0 saturated carbocycles. The van der Waals surface area contributed by atoms with E-state index in [9.17, 15) is 4.79 Å². The Morgan fingerprint density at radius 2 is 1.84 bits per heavy atom. The average Bonchev–Trinajstić information content (AvgIpc) is 2.90. The molecule has 130 valence electrons. The van der Waals surface area contributed by atoms with E-state index in [1.165, 1.54) is 7.11 Å². The smallest absolute Gasteiger partial charge is 0.350 e. The van der Waals surface area contributed by atoms with E-state index in [4.69, 9.17) is 44.1 Å². The van der Waals surface area contributed by atoms with Crippen molar-refractivity contribution in [1.29, 1.82) is 0 Å². The molecule has 2 heterocycles. The van der Waals surface area contributed by atoms with Crippen LogP contribution in [0.25, 0.3) is 10.1 Å². The van der Waals surface area contributed by atoms with E-state index in [1.54, 1.807) is 12.1 Å². The van der Waals surface area contributed by atoms with Crippen LogP contribution in [0.3, 0.4) is 0 Å². The molecular weight excluding hydrogens is 389 g/mol. The van der Waals surface area contributed by atoms with Crippen LogP contribution in [0.1, 0.15) is 15.5 Å². The number of carbonyl (C=O) groups is 1. The topological polar surface area (TPSA) is 126 Å². The molecule has 0 saturated heterocycles. The summed E-state index contributed by atoms with van der Waals surface area (Å²) >= 11 is 13.6. The van der Waals surface area contributed by atoms with Gasteiger partial charge in [-0.25, -0.2) is 4.79 Å². The molecule has 11 heteroatoms. The number of nitrogens with two attached hydrogens (primary N) is 2. The SMILES string of the molecule is COc1ccc2c(Cl)c(C(=O)OCc3nc(N)nc(N)n3)sc2c1Cl. The lowest BCUT2D eigenvalue weighted by Crippen LogP contribution is -2.10. The van der Waals surface area contributed by atoms with Crippen molar-refractivity contribution in [3.63, 3.8) is 0 Å². The number of nitrogen functional groups attached to an aromatic ring is 2. The number of esters is 1. The molecule has 4 N–H and O–H groups in total. The van der Waals surface area contributed by atoms with Gasteiger partial charge < -0.3 is 20.9 Å². The van der Waals surface area contributed by atoms with Gasteiger partial charge >= 0.3 is 5.97 Å². The molecule has 0 atom stereocenters. The van der Waals surface area contributed by atoms with Crippen LogP contribution in [-0.2, 0) is 11.3 Å². The number of rotatable bonds is 4. The van der Waals surface area contributed by atoms with Gasteiger partial charge in [-0.15, -0.1) is 11.3 Å². The Kier molecular flexibility index (Phi) is 4.80. The number of hydrogen-bond donors (Lipinski definition) is 2. The second kappa shape index (κ2) is 6.87. The number of hydrogen-bond acceptors (Lipinski definition) is 9. The molecule has 0 bridgehead atoms. The molecule has 0 aliphatic carbocycles. The summed E-state index contributed by atoms with van der Waals surface area (Å²) in [6.45, 7) is -0.225. The summed E-state index contributed by atoms with van der Waals surface area (Å²) in [6.07, 6.45) is 0. The van der Waals surface area contributed by atoms with Gasteiger partial charge in [-0.2, -0.15) is 15.0 Å². The number of fused-ring (bicyclic) bond motifs is 1. The minimum absolute atomic E-state index is 0.0580. The van der Waals surface area contributed by atoms with Crippen LogP contribution < -0.4 is 16.2 Å². The fraction of sp³-hybridized carbons (Fsp3) is 0.143. The standard InChI is InChI=1S/C14H11Cl2N5O3S/c1-23-6-3-2-5-8(15)11(25-10(5)9(6)16)12(22)24-4-7-19-13(17)21-14(18)20-7/h2-3H,4H2,1H3,(H4,17,18,19,20,21). The number of anilines is 2. The Morgan fingerprint density at radius 3 is 2.48 bits per heavy atom. The lowest BCUT2D eigenvalue weighted by atomic mass is 10.2. The highest BCUT2D eigenvalue weighted by Crippen LogP contribution is 2.43. The van der Waals surface area contributed by atoms with Crippen LogP contribution in [0, 0.1) is 0 Å². The van der Waals surface area contributed by atoms with Crippen molar-refractivity contribution in [2.75, 3.05) is 18.6 Å². The van der Waals surface area contributed by atoms with Crippen molar-refractivity contribution >= 4 is 62.5 Å². The zero-order chi connectivity index (χ0) is 18.1. The van der Waals surface area contributed by atoms with Crippen LogP contribution in [0.15, 0.2) is 12.1 Å². The van der Waals surface area contributed by atoms with E-state index < -0.39 is 5.97 Å². The number of benzene rings is 1. The van der Waals surface area contributed by atoms with Gasteiger partial charge in [0, 0.05) is 5.39 Å². The van der Waals surface area contributed by atoms with E-state index >= 15 is 0 Å². The van der Waals surface area contributed by atoms with E-state index in [0.29, 0.717) is 20.9 Å². The first kappa shape index (κ1) is 17.5. The third-order valence-corrected chi connectivity index (χ3v) is 5.35. The fourth-order valence-corrected chi connectivity index (χ4v) is 3.87. The number of nitrogens with zero attached hydrogens (tertiary/aromatic N) is 3. The Bertz CT molecular complexity index is 958. The van der Waals surface area contributed by atoms with Crippen LogP contribution >= 0.6 is 34.5 Å². The number of methoxy groups -OCH3 is 1. The normalized spacial score (nSPS) is 10.8. The van der Waals surface area contributed by atoms with E-state index in [2.05, 4.69) is 15.0 Å². The molecule has 0 radical (unpaired) electrons. The van der Waals surface area contributed by atoms with Crippen molar-refractivity contribution in [3.8, 4) is 5.75 Å². The minimum Gasteiger partial charge on any atom is -0.495 e. The zero-order valence-electron chi connectivity index (χ0n) is 12.7. The van der Waals surface area contributed by atoms with Gasteiger partial charge in [0.25, 0.3) is 0 Å². The fourth-order valence-electron chi connectivity index (χ4n) is 2.09. The highest BCUT2D eigenvalue weighted by atomic mass is 35.5. The molecule has 8 nitrogen and oxygen atoms in total. The van der Waals surface area contributed by atoms with Crippen LogP contribution in [0.2, 0.25) is 10.0 Å². The molecular formula is C14H11Cl2N5O3S. The van der Waals surface area contributed by atoms with Gasteiger partial charge in [0.1, 0.15) is 15.6 Å². The van der Waals surface area contributed by atoms with Crippen LogP contribution in [0.4, 0.5) is 11.9 Å². The average molecular weight is 400 g/mol. The second-order valence-electron chi connectivity index (χ2n) is 4.75. The molecule has 2 aromatic heterocycles. The van der Waals surface area contributed by atoms with E-state index in [0.717, 1.165) is 11.3 Å². The number of ether oxygens (including phenoxy) is 2. The third-order valence-electron chi connectivity index (χ3n) is 3.16.